The number of carbonyl (C=O) groups is 1. The SMILES string of the molecule is CC(C)CNC(=O)c1ccc(=O)[nH]n1. The van der Waals surface area contributed by atoms with Crippen LogP contribution in [0.15, 0.2) is 16.9 Å². The summed E-state index contributed by atoms with van der Waals surface area (Å²) in [6, 6.07) is 2.67. The smallest absolute Gasteiger partial charge is 0.271 e. The second-order valence-electron chi connectivity index (χ2n) is 3.41. The molecule has 76 valence electrons. The van der Waals surface area contributed by atoms with Gasteiger partial charge in [-0.1, -0.05) is 13.8 Å². The standard InChI is InChI=1S/C9H13N3O2/c1-6(2)5-10-9(14)7-3-4-8(13)12-11-7/h3-4,6H,5H2,1-2H3,(H,10,14)(H,12,13). The number of rotatable bonds is 3. The van der Waals surface area contributed by atoms with Crippen LogP contribution in [0.5, 0.6) is 0 Å². The van der Waals surface area contributed by atoms with E-state index in [-0.39, 0.29) is 17.2 Å². The van der Waals surface area contributed by atoms with Gasteiger partial charge < -0.3 is 5.32 Å². The number of carbonyl (C=O) groups excluding carboxylic acids is 1. The number of aromatic nitrogens is 2. The van der Waals surface area contributed by atoms with Gasteiger partial charge in [0.25, 0.3) is 11.5 Å². The molecule has 0 spiro atoms. The highest BCUT2D eigenvalue weighted by molar-refractivity contribution is 5.91. The van der Waals surface area contributed by atoms with Crippen LogP contribution in [0.25, 0.3) is 0 Å². The number of nitrogens with one attached hydrogen (secondary N) is 2. The van der Waals surface area contributed by atoms with Gasteiger partial charge in [-0.05, 0) is 12.0 Å². The summed E-state index contributed by atoms with van der Waals surface area (Å²) >= 11 is 0. The zero-order valence-electron chi connectivity index (χ0n) is 8.20. The molecule has 0 aromatic carbocycles. The molecule has 0 aliphatic carbocycles. The normalized spacial score (nSPS) is 10.2. The molecule has 14 heavy (non-hydrogen) atoms. The molecule has 5 heteroatoms. The maximum Gasteiger partial charge on any atom is 0.271 e. The highest BCUT2D eigenvalue weighted by Crippen LogP contribution is 1.91. The van der Waals surface area contributed by atoms with Crippen LogP contribution in [0, 0.1) is 5.92 Å². The molecule has 1 heterocycles. The third-order valence-corrected chi connectivity index (χ3v) is 1.58. The van der Waals surface area contributed by atoms with Gasteiger partial charge in [-0.3, -0.25) is 9.59 Å². The van der Waals surface area contributed by atoms with Gasteiger partial charge >= 0.3 is 0 Å². The zero-order chi connectivity index (χ0) is 10.6. The number of amides is 1. The minimum absolute atomic E-state index is 0.227. The Morgan fingerprint density at radius 3 is 2.79 bits per heavy atom. The largest absolute Gasteiger partial charge is 0.350 e. The van der Waals surface area contributed by atoms with Gasteiger partial charge in [0.1, 0.15) is 5.69 Å². The van der Waals surface area contributed by atoms with Crippen molar-refractivity contribution in [3.63, 3.8) is 0 Å². The van der Waals surface area contributed by atoms with Crippen LogP contribution >= 0.6 is 0 Å². The molecule has 1 amide bonds. The first-order chi connectivity index (χ1) is 6.59. The number of hydrogen-bond donors (Lipinski definition) is 2. The summed E-state index contributed by atoms with van der Waals surface area (Å²) in [7, 11) is 0. The second-order valence-corrected chi connectivity index (χ2v) is 3.41. The lowest BCUT2D eigenvalue weighted by molar-refractivity contribution is 0.0943. The number of hydrogen-bond acceptors (Lipinski definition) is 3. The highest BCUT2D eigenvalue weighted by Gasteiger charge is 2.06. The molecule has 0 saturated carbocycles. The summed E-state index contributed by atoms with van der Waals surface area (Å²) in [6.07, 6.45) is 0. The Labute approximate surface area is 81.5 Å². The van der Waals surface area contributed by atoms with Crippen LogP contribution in [0.3, 0.4) is 0 Å². The Balaban J connectivity index is 2.61. The van der Waals surface area contributed by atoms with Gasteiger partial charge in [0.15, 0.2) is 0 Å². The Hall–Kier alpha value is -1.65. The van der Waals surface area contributed by atoms with E-state index in [9.17, 15) is 9.59 Å². The summed E-state index contributed by atoms with van der Waals surface area (Å²) in [5.74, 6) is 0.122. The van der Waals surface area contributed by atoms with Crippen molar-refractivity contribution in [1.82, 2.24) is 15.5 Å². The van der Waals surface area contributed by atoms with Crippen molar-refractivity contribution >= 4 is 5.91 Å². The third-order valence-electron chi connectivity index (χ3n) is 1.58. The molecule has 1 rings (SSSR count). The zero-order valence-corrected chi connectivity index (χ0v) is 8.20. The van der Waals surface area contributed by atoms with Crippen molar-refractivity contribution in [2.75, 3.05) is 6.54 Å². The van der Waals surface area contributed by atoms with E-state index in [0.717, 1.165) is 0 Å². The minimum Gasteiger partial charge on any atom is -0.350 e. The highest BCUT2D eigenvalue weighted by atomic mass is 16.2. The van der Waals surface area contributed by atoms with Crippen LogP contribution in [0.1, 0.15) is 24.3 Å². The van der Waals surface area contributed by atoms with E-state index in [0.29, 0.717) is 12.5 Å². The van der Waals surface area contributed by atoms with Crippen LogP contribution < -0.4 is 10.9 Å². The lowest BCUT2D eigenvalue weighted by atomic mass is 10.2. The Morgan fingerprint density at radius 1 is 1.57 bits per heavy atom. The summed E-state index contributed by atoms with van der Waals surface area (Å²) in [6.45, 7) is 4.60. The molecule has 5 nitrogen and oxygen atoms in total. The fourth-order valence-corrected chi connectivity index (χ4v) is 0.858. The molecule has 0 fully saturated rings. The Kier molecular flexibility index (Phi) is 3.39. The van der Waals surface area contributed by atoms with E-state index in [1.807, 2.05) is 13.8 Å². The van der Waals surface area contributed by atoms with Crippen LogP contribution in [-0.2, 0) is 0 Å². The topological polar surface area (TPSA) is 74.8 Å². The molecule has 0 saturated heterocycles. The van der Waals surface area contributed by atoms with Gasteiger partial charge in [0.2, 0.25) is 0 Å². The quantitative estimate of drug-likeness (QED) is 0.721. The molecule has 0 bridgehead atoms. The first-order valence-corrected chi connectivity index (χ1v) is 4.43. The van der Waals surface area contributed by atoms with E-state index in [1.165, 1.54) is 12.1 Å². The average Bonchev–Trinajstić information content (AvgIpc) is 2.15. The maximum absolute atomic E-state index is 11.4. The first kappa shape index (κ1) is 10.4. The van der Waals surface area contributed by atoms with Crippen molar-refractivity contribution < 1.29 is 4.79 Å². The molecule has 0 radical (unpaired) electrons. The predicted molar refractivity (Wildman–Crippen MR) is 52.0 cm³/mol. The molecule has 1 aromatic rings. The lowest BCUT2D eigenvalue weighted by Gasteiger charge is -2.05. The van der Waals surface area contributed by atoms with Crippen molar-refractivity contribution in [1.29, 1.82) is 0 Å². The van der Waals surface area contributed by atoms with Crippen molar-refractivity contribution in [2.45, 2.75) is 13.8 Å². The van der Waals surface area contributed by atoms with Crippen molar-refractivity contribution in [2.24, 2.45) is 5.92 Å². The Bertz CT molecular complexity index is 350. The fourth-order valence-electron chi connectivity index (χ4n) is 0.858. The van der Waals surface area contributed by atoms with Crippen LogP contribution in [0.2, 0.25) is 0 Å². The third kappa shape index (κ3) is 3.01. The van der Waals surface area contributed by atoms with Crippen LogP contribution in [-0.4, -0.2) is 22.6 Å². The number of nitrogens with zero attached hydrogens (tertiary/aromatic N) is 1. The van der Waals surface area contributed by atoms with E-state index >= 15 is 0 Å². The lowest BCUT2D eigenvalue weighted by Crippen LogP contribution is -2.28. The summed E-state index contributed by atoms with van der Waals surface area (Å²) in [5.41, 5.74) is -0.0874. The van der Waals surface area contributed by atoms with E-state index in [2.05, 4.69) is 15.5 Å². The van der Waals surface area contributed by atoms with Crippen LogP contribution in [0.4, 0.5) is 0 Å². The minimum atomic E-state index is -0.314. The monoisotopic (exact) mass is 195 g/mol. The summed E-state index contributed by atoms with van der Waals surface area (Å²) in [4.78, 5) is 22.0. The van der Waals surface area contributed by atoms with E-state index in [1.54, 1.807) is 0 Å². The predicted octanol–water partition coefficient (Wildman–Crippen LogP) is 0.156. The van der Waals surface area contributed by atoms with E-state index < -0.39 is 0 Å². The fraction of sp³-hybridized carbons (Fsp3) is 0.444. The van der Waals surface area contributed by atoms with Gasteiger partial charge in [-0.25, -0.2) is 5.10 Å². The van der Waals surface area contributed by atoms with Crippen molar-refractivity contribution in [3.05, 3.63) is 28.2 Å². The molecule has 0 atom stereocenters. The number of H-pyrrole nitrogens is 1. The van der Waals surface area contributed by atoms with Crippen molar-refractivity contribution in [3.8, 4) is 0 Å². The molecule has 0 unspecified atom stereocenters. The van der Waals surface area contributed by atoms with Gasteiger partial charge in [0, 0.05) is 12.6 Å². The summed E-state index contributed by atoms with van der Waals surface area (Å²) in [5, 5.41) is 8.50. The van der Waals surface area contributed by atoms with Gasteiger partial charge in [-0.15, -0.1) is 0 Å². The molecule has 1 aromatic heterocycles. The average molecular weight is 195 g/mol. The molecule has 0 aliphatic rings. The van der Waals surface area contributed by atoms with Gasteiger partial charge in [0.05, 0.1) is 0 Å². The Morgan fingerprint density at radius 2 is 2.29 bits per heavy atom. The maximum atomic E-state index is 11.4. The molecule has 0 aliphatic heterocycles. The number of aromatic amines is 1. The second kappa shape index (κ2) is 4.55. The first-order valence-electron chi connectivity index (χ1n) is 4.43. The molecule has 2 N–H and O–H groups in total. The van der Waals surface area contributed by atoms with Gasteiger partial charge in [-0.2, -0.15) is 5.10 Å². The molecular formula is C9H13N3O2. The summed E-state index contributed by atoms with van der Waals surface area (Å²) < 4.78 is 0. The van der Waals surface area contributed by atoms with E-state index in [4.69, 9.17) is 0 Å². The molecular weight excluding hydrogens is 182 g/mol.